The van der Waals surface area contributed by atoms with E-state index in [0.717, 1.165) is 37.7 Å². The number of carbonyl (C=O) groups excluding carboxylic acids is 1. The van der Waals surface area contributed by atoms with Crippen LogP contribution in [0.4, 0.5) is 4.79 Å². The number of carbonyl (C=O) groups is 1. The van der Waals surface area contributed by atoms with Crippen molar-refractivity contribution in [3.8, 4) is 0 Å². The third-order valence-electron chi connectivity index (χ3n) is 2.57. The molecule has 0 spiro atoms. The van der Waals surface area contributed by atoms with Gasteiger partial charge in [0.15, 0.2) is 9.49 Å². The van der Waals surface area contributed by atoms with E-state index in [1.54, 1.807) is 0 Å². The van der Waals surface area contributed by atoms with E-state index < -0.39 is 0 Å². The van der Waals surface area contributed by atoms with Crippen LogP contribution in [0.3, 0.4) is 0 Å². The third kappa shape index (κ3) is 3.74. The summed E-state index contributed by atoms with van der Waals surface area (Å²) in [6, 6.07) is 0. The van der Waals surface area contributed by atoms with E-state index >= 15 is 0 Å². The molecule has 1 amide bonds. The summed E-state index contributed by atoms with van der Waals surface area (Å²) in [7, 11) is 0. The molecule has 1 aromatic heterocycles. The summed E-state index contributed by atoms with van der Waals surface area (Å²) in [5, 5.41) is 0.330. The fourth-order valence-corrected chi connectivity index (χ4v) is 4.05. The van der Waals surface area contributed by atoms with Gasteiger partial charge in [-0.05, 0) is 12.8 Å². The lowest BCUT2D eigenvalue weighted by molar-refractivity contribution is 0.225. The van der Waals surface area contributed by atoms with E-state index in [1.165, 1.54) is 24.2 Å². The predicted molar refractivity (Wildman–Crippen MR) is 73.4 cm³/mol. The standard InChI is InChI=1S/C10H12Cl2N2OS2/c11-7-8(12)16-9(13-7)17-10(15)14-5-3-1-2-4-6-14/h1-6H2. The van der Waals surface area contributed by atoms with E-state index in [0.29, 0.717) is 8.68 Å². The largest absolute Gasteiger partial charge is 0.333 e. The lowest BCUT2D eigenvalue weighted by Gasteiger charge is -2.18. The first kappa shape index (κ1) is 13.5. The third-order valence-corrected chi connectivity index (χ3v) is 5.30. The molecule has 0 bridgehead atoms. The van der Waals surface area contributed by atoms with Crippen molar-refractivity contribution in [3.05, 3.63) is 9.49 Å². The summed E-state index contributed by atoms with van der Waals surface area (Å²) in [4.78, 5) is 17.9. The molecule has 7 heteroatoms. The quantitative estimate of drug-likeness (QED) is 0.714. The van der Waals surface area contributed by atoms with E-state index in [-0.39, 0.29) is 10.4 Å². The second-order valence-corrected chi connectivity index (χ2v) is 6.97. The van der Waals surface area contributed by atoms with Gasteiger partial charge in [-0.25, -0.2) is 4.98 Å². The Morgan fingerprint density at radius 3 is 2.41 bits per heavy atom. The van der Waals surface area contributed by atoms with Gasteiger partial charge in [0, 0.05) is 24.9 Å². The molecule has 0 saturated carbocycles. The molecular weight excluding hydrogens is 299 g/mol. The molecule has 0 N–H and O–H groups in total. The first-order valence-corrected chi connectivity index (χ1v) is 7.84. The van der Waals surface area contributed by atoms with Gasteiger partial charge in [-0.15, -0.1) is 0 Å². The molecule has 1 aliphatic heterocycles. The van der Waals surface area contributed by atoms with Gasteiger partial charge in [0.05, 0.1) is 0 Å². The fraction of sp³-hybridized carbons (Fsp3) is 0.600. The Morgan fingerprint density at radius 2 is 1.88 bits per heavy atom. The smallest absolute Gasteiger partial charge is 0.288 e. The molecule has 2 heterocycles. The minimum Gasteiger partial charge on any atom is -0.333 e. The van der Waals surface area contributed by atoms with E-state index in [4.69, 9.17) is 23.2 Å². The highest BCUT2D eigenvalue weighted by Gasteiger charge is 2.19. The van der Waals surface area contributed by atoms with Crippen molar-refractivity contribution in [2.24, 2.45) is 0 Å². The van der Waals surface area contributed by atoms with Crippen LogP contribution in [0.5, 0.6) is 0 Å². The number of halogens is 2. The number of thiazole rings is 1. The molecule has 94 valence electrons. The minimum absolute atomic E-state index is 0.0500. The van der Waals surface area contributed by atoms with E-state index in [9.17, 15) is 4.79 Å². The van der Waals surface area contributed by atoms with Crippen LogP contribution in [-0.4, -0.2) is 28.2 Å². The number of rotatable bonds is 1. The van der Waals surface area contributed by atoms with Gasteiger partial charge in [-0.1, -0.05) is 47.4 Å². The highest BCUT2D eigenvalue weighted by Crippen LogP contribution is 2.35. The van der Waals surface area contributed by atoms with E-state index in [2.05, 4.69) is 4.98 Å². The lowest BCUT2D eigenvalue weighted by atomic mass is 10.2. The Morgan fingerprint density at radius 1 is 1.24 bits per heavy atom. The Hall–Kier alpha value is 0.0300. The van der Waals surface area contributed by atoms with Gasteiger partial charge >= 0.3 is 0 Å². The van der Waals surface area contributed by atoms with Crippen molar-refractivity contribution < 1.29 is 4.79 Å². The van der Waals surface area contributed by atoms with Crippen LogP contribution in [0.2, 0.25) is 9.49 Å². The maximum absolute atomic E-state index is 12.0. The highest BCUT2D eigenvalue weighted by atomic mass is 35.5. The highest BCUT2D eigenvalue weighted by molar-refractivity contribution is 8.14. The van der Waals surface area contributed by atoms with Crippen molar-refractivity contribution in [1.29, 1.82) is 0 Å². The van der Waals surface area contributed by atoms with Gasteiger partial charge in [-0.3, -0.25) is 4.79 Å². The minimum atomic E-state index is 0.0500. The van der Waals surface area contributed by atoms with Crippen LogP contribution < -0.4 is 0 Å². The number of amides is 1. The molecular formula is C10H12Cl2N2OS2. The second kappa shape index (κ2) is 6.27. The zero-order chi connectivity index (χ0) is 12.3. The average Bonchev–Trinajstić information content (AvgIpc) is 2.54. The molecule has 1 fully saturated rings. The Balaban J connectivity index is 1.95. The number of likely N-dealkylation sites (tertiary alicyclic amines) is 1. The monoisotopic (exact) mass is 310 g/mol. The van der Waals surface area contributed by atoms with Crippen LogP contribution in [-0.2, 0) is 0 Å². The van der Waals surface area contributed by atoms with E-state index in [1.807, 2.05) is 4.90 Å². The van der Waals surface area contributed by atoms with Crippen LogP contribution in [0.1, 0.15) is 25.7 Å². The number of aromatic nitrogens is 1. The number of thioether (sulfide) groups is 1. The van der Waals surface area contributed by atoms with Crippen LogP contribution in [0.25, 0.3) is 0 Å². The first-order valence-electron chi connectivity index (χ1n) is 5.45. The molecule has 3 nitrogen and oxygen atoms in total. The second-order valence-electron chi connectivity index (χ2n) is 3.81. The Labute approximate surface area is 118 Å². The molecule has 1 aliphatic rings. The average molecular weight is 311 g/mol. The summed E-state index contributed by atoms with van der Waals surface area (Å²) < 4.78 is 1.06. The molecule has 0 atom stereocenters. The normalized spacial score (nSPS) is 16.9. The molecule has 2 rings (SSSR count). The molecule has 0 radical (unpaired) electrons. The zero-order valence-electron chi connectivity index (χ0n) is 9.12. The predicted octanol–water partition coefficient (Wildman–Crippen LogP) is 4.54. The zero-order valence-corrected chi connectivity index (χ0v) is 12.3. The van der Waals surface area contributed by atoms with Gasteiger partial charge in [0.1, 0.15) is 4.34 Å². The Bertz CT molecular complexity index is 384. The maximum Gasteiger partial charge on any atom is 0.288 e. The molecule has 1 aromatic rings. The molecule has 0 aromatic carbocycles. The summed E-state index contributed by atoms with van der Waals surface area (Å²) in [6.07, 6.45) is 4.60. The molecule has 17 heavy (non-hydrogen) atoms. The van der Waals surface area contributed by atoms with Crippen molar-refractivity contribution in [3.63, 3.8) is 0 Å². The fourth-order valence-electron chi connectivity index (χ4n) is 1.70. The Kier molecular flexibility index (Phi) is 4.97. The van der Waals surface area contributed by atoms with Crippen molar-refractivity contribution in [2.75, 3.05) is 13.1 Å². The molecule has 0 aliphatic carbocycles. The van der Waals surface area contributed by atoms with Gasteiger partial charge < -0.3 is 4.90 Å². The first-order chi connectivity index (χ1) is 8.16. The topological polar surface area (TPSA) is 33.2 Å². The van der Waals surface area contributed by atoms with Crippen molar-refractivity contribution in [1.82, 2.24) is 9.88 Å². The lowest BCUT2D eigenvalue weighted by Crippen LogP contribution is -2.28. The molecule has 1 saturated heterocycles. The van der Waals surface area contributed by atoms with Crippen LogP contribution in [0.15, 0.2) is 4.34 Å². The molecule has 0 unspecified atom stereocenters. The maximum atomic E-state index is 12.0. The van der Waals surface area contributed by atoms with Crippen LogP contribution >= 0.6 is 46.3 Å². The number of hydrogen-bond acceptors (Lipinski definition) is 4. The van der Waals surface area contributed by atoms with Gasteiger partial charge in [-0.2, -0.15) is 0 Å². The van der Waals surface area contributed by atoms with Gasteiger partial charge in [0.2, 0.25) is 0 Å². The van der Waals surface area contributed by atoms with Crippen molar-refractivity contribution in [2.45, 2.75) is 30.0 Å². The SMILES string of the molecule is O=C(Sc1nc(Cl)c(Cl)s1)N1CCCCCC1. The summed E-state index contributed by atoms with van der Waals surface area (Å²) in [5.41, 5.74) is 0. The number of hydrogen-bond donors (Lipinski definition) is 0. The van der Waals surface area contributed by atoms with Crippen molar-refractivity contribution >= 4 is 51.5 Å². The van der Waals surface area contributed by atoms with Crippen LogP contribution in [0, 0.1) is 0 Å². The summed E-state index contributed by atoms with van der Waals surface area (Å²) >= 11 is 13.9. The number of nitrogens with zero attached hydrogens (tertiary/aromatic N) is 2. The summed E-state index contributed by atoms with van der Waals surface area (Å²) in [6.45, 7) is 1.69. The van der Waals surface area contributed by atoms with Gasteiger partial charge in [0.25, 0.3) is 5.24 Å². The summed E-state index contributed by atoms with van der Waals surface area (Å²) in [5.74, 6) is 0.